The predicted molar refractivity (Wildman–Crippen MR) is 133 cm³/mol. The molecule has 2 aliphatic rings. The van der Waals surface area contributed by atoms with Gasteiger partial charge in [-0.05, 0) is 75.3 Å². The number of ether oxygens (including phenoxy) is 2. The minimum absolute atomic E-state index is 0.118. The molecule has 1 fully saturated rings. The zero-order valence-electron chi connectivity index (χ0n) is 20.4. The van der Waals surface area contributed by atoms with Gasteiger partial charge in [-0.2, -0.15) is 5.10 Å². The second-order valence-electron chi connectivity index (χ2n) is 8.94. The van der Waals surface area contributed by atoms with Crippen LogP contribution in [-0.4, -0.2) is 64.8 Å². The Balaban J connectivity index is 1.21. The van der Waals surface area contributed by atoms with Gasteiger partial charge in [0.1, 0.15) is 17.3 Å². The number of halogens is 3. The summed E-state index contributed by atoms with van der Waals surface area (Å²) in [5.74, 6) is 0.879. The summed E-state index contributed by atoms with van der Waals surface area (Å²) in [6.45, 7) is 6.77. The molecule has 12 heteroatoms. The van der Waals surface area contributed by atoms with Crippen LogP contribution < -0.4 is 15.1 Å². The molecule has 4 heterocycles. The molecule has 2 aromatic heterocycles. The topological polar surface area (TPSA) is 80.0 Å². The Labute approximate surface area is 212 Å². The fourth-order valence-corrected chi connectivity index (χ4v) is 4.31. The van der Waals surface area contributed by atoms with Gasteiger partial charge in [-0.3, -0.25) is 4.68 Å². The van der Waals surface area contributed by atoms with Crippen LogP contribution in [0.3, 0.4) is 0 Å². The third-order valence-corrected chi connectivity index (χ3v) is 6.16. The first kappa shape index (κ1) is 24.9. The maximum Gasteiger partial charge on any atom is 0.573 e. The molecule has 0 spiro atoms. The number of aromatic nitrogens is 3. The first-order chi connectivity index (χ1) is 17.8. The van der Waals surface area contributed by atoms with Crippen LogP contribution >= 0.6 is 0 Å². The van der Waals surface area contributed by atoms with Crippen molar-refractivity contribution in [2.45, 2.75) is 32.7 Å². The highest BCUT2D eigenvalue weighted by atomic mass is 19.4. The van der Waals surface area contributed by atoms with E-state index in [-0.39, 0.29) is 12.5 Å². The lowest BCUT2D eigenvalue weighted by Crippen LogP contribution is -2.26. The monoisotopic (exact) mass is 515 g/mol. The van der Waals surface area contributed by atoms with Gasteiger partial charge in [0.15, 0.2) is 6.73 Å². The van der Waals surface area contributed by atoms with Crippen molar-refractivity contribution >= 4 is 17.4 Å². The molecule has 9 nitrogen and oxygen atoms in total. The lowest BCUT2D eigenvalue weighted by molar-refractivity contribution is -0.274. The van der Waals surface area contributed by atoms with Gasteiger partial charge in [-0.15, -0.1) is 18.3 Å². The smallest absolute Gasteiger partial charge is 0.452 e. The number of hydrogen-bond donors (Lipinski definition) is 1. The second kappa shape index (κ2) is 10.7. The van der Waals surface area contributed by atoms with Gasteiger partial charge in [-0.25, -0.2) is 9.99 Å². The molecule has 0 radical (unpaired) electrons. The highest BCUT2D eigenvalue weighted by Crippen LogP contribution is 2.27. The molecule has 2 aliphatic heterocycles. The molecule has 1 saturated heterocycles. The molecule has 1 aromatic carbocycles. The largest absolute Gasteiger partial charge is 0.573 e. The summed E-state index contributed by atoms with van der Waals surface area (Å²) < 4.78 is 48.6. The number of rotatable bonds is 9. The predicted octanol–water partition coefficient (Wildman–Crippen LogP) is 4.20. The van der Waals surface area contributed by atoms with Crippen molar-refractivity contribution in [3.05, 3.63) is 65.6 Å². The average molecular weight is 516 g/mol. The molecule has 0 aliphatic carbocycles. The number of benzene rings is 1. The summed E-state index contributed by atoms with van der Waals surface area (Å²) in [7, 11) is 0. The summed E-state index contributed by atoms with van der Waals surface area (Å²) in [5.41, 5.74) is 2.93. The van der Waals surface area contributed by atoms with E-state index >= 15 is 0 Å². The van der Waals surface area contributed by atoms with Crippen molar-refractivity contribution in [1.29, 1.82) is 0 Å². The molecule has 0 saturated carbocycles. The van der Waals surface area contributed by atoms with Crippen molar-refractivity contribution in [2.24, 2.45) is 5.10 Å². The quantitative estimate of drug-likeness (QED) is 0.458. The van der Waals surface area contributed by atoms with E-state index in [1.165, 1.54) is 50.2 Å². The Hall–Kier alpha value is -3.80. The lowest BCUT2D eigenvalue weighted by atomic mass is 10.3. The minimum atomic E-state index is -4.74. The molecule has 196 valence electrons. The van der Waals surface area contributed by atoms with Crippen molar-refractivity contribution in [3.8, 4) is 5.75 Å². The van der Waals surface area contributed by atoms with E-state index in [4.69, 9.17) is 9.72 Å². The van der Waals surface area contributed by atoms with Gasteiger partial charge in [0, 0.05) is 18.8 Å². The molecular formula is C25H28F3N7O2. The third kappa shape index (κ3) is 6.50. The number of hydrazone groups is 1. The summed E-state index contributed by atoms with van der Waals surface area (Å²) in [4.78, 5) is 7.18. The summed E-state index contributed by atoms with van der Waals surface area (Å²) in [5, 5.41) is 14.0. The van der Waals surface area contributed by atoms with Crippen LogP contribution in [0.25, 0.3) is 0 Å². The standard InChI is InChI=1S/C25H28F3N7O2/c1-18-15-22(24-32-35(17-36-24)20-7-9-21(10-8-20)37-25(26,27)28)31-34(18)16-19-5-4-6-23(30-19)29-11-14-33-12-2-3-13-33/h4-10,15H,2-3,11-14,16-17H2,1H3,(H,29,30). The molecule has 0 atom stereocenters. The molecule has 5 rings (SSSR count). The first-order valence-electron chi connectivity index (χ1n) is 12.1. The van der Waals surface area contributed by atoms with Crippen LogP contribution in [0.15, 0.2) is 53.6 Å². The summed E-state index contributed by atoms with van der Waals surface area (Å²) >= 11 is 0. The lowest BCUT2D eigenvalue weighted by Gasteiger charge is -2.15. The molecule has 37 heavy (non-hydrogen) atoms. The van der Waals surface area contributed by atoms with Crippen LogP contribution in [0, 0.1) is 6.92 Å². The number of aryl methyl sites for hydroxylation is 1. The van der Waals surface area contributed by atoms with Crippen LogP contribution in [0.4, 0.5) is 24.7 Å². The molecule has 3 aromatic rings. The zero-order chi connectivity index (χ0) is 25.8. The van der Waals surface area contributed by atoms with Gasteiger partial charge in [0.2, 0.25) is 0 Å². The molecular weight excluding hydrogens is 487 g/mol. The fourth-order valence-electron chi connectivity index (χ4n) is 4.31. The van der Waals surface area contributed by atoms with E-state index in [0.717, 1.165) is 30.3 Å². The van der Waals surface area contributed by atoms with Crippen molar-refractivity contribution in [3.63, 3.8) is 0 Å². The number of hydrogen-bond acceptors (Lipinski definition) is 8. The van der Waals surface area contributed by atoms with Gasteiger partial charge < -0.3 is 19.7 Å². The summed E-state index contributed by atoms with van der Waals surface area (Å²) in [6.07, 6.45) is -2.17. The Morgan fingerprint density at radius 3 is 2.62 bits per heavy atom. The second-order valence-corrected chi connectivity index (χ2v) is 8.94. The Morgan fingerprint density at radius 2 is 1.86 bits per heavy atom. The Bertz CT molecular complexity index is 1240. The maximum atomic E-state index is 12.4. The van der Waals surface area contributed by atoms with Crippen molar-refractivity contribution in [2.75, 3.05) is 43.2 Å². The van der Waals surface area contributed by atoms with Crippen LogP contribution in [0.5, 0.6) is 5.75 Å². The highest BCUT2D eigenvalue weighted by molar-refractivity contribution is 5.94. The summed E-state index contributed by atoms with van der Waals surface area (Å²) in [6, 6.07) is 13.2. The average Bonchev–Trinajstić information content (AvgIpc) is 3.61. The van der Waals surface area contributed by atoms with E-state index in [1.54, 1.807) is 5.01 Å². The first-order valence-corrected chi connectivity index (χ1v) is 12.1. The van der Waals surface area contributed by atoms with E-state index in [2.05, 4.69) is 25.2 Å². The number of anilines is 2. The number of nitrogens with zero attached hydrogens (tertiary/aromatic N) is 6. The Kier molecular flexibility index (Phi) is 7.17. The highest BCUT2D eigenvalue weighted by Gasteiger charge is 2.31. The van der Waals surface area contributed by atoms with Crippen molar-refractivity contribution < 1.29 is 22.6 Å². The minimum Gasteiger partial charge on any atom is -0.452 e. The fraction of sp³-hybridized carbons (Fsp3) is 0.400. The van der Waals surface area contributed by atoms with E-state index in [0.29, 0.717) is 23.8 Å². The van der Waals surface area contributed by atoms with Crippen molar-refractivity contribution in [1.82, 2.24) is 19.7 Å². The SMILES string of the molecule is Cc1cc(C2=NN(c3ccc(OC(F)(F)F)cc3)CO2)nn1Cc1cccc(NCCN2CCCC2)n1. The molecule has 0 amide bonds. The number of pyridine rings is 1. The molecule has 0 unspecified atom stereocenters. The number of nitrogens with one attached hydrogen (secondary N) is 1. The van der Waals surface area contributed by atoms with E-state index < -0.39 is 6.36 Å². The van der Waals surface area contributed by atoms with Crippen LogP contribution in [0.1, 0.15) is 29.9 Å². The maximum absolute atomic E-state index is 12.4. The molecule has 0 bridgehead atoms. The zero-order valence-corrected chi connectivity index (χ0v) is 20.4. The van der Waals surface area contributed by atoms with Gasteiger partial charge in [0.25, 0.3) is 5.90 Å². The van der Waals surface area contributed by atoms with E-state index in [1.807, 2.05) is 35.9 Å². The Morgan fingerprint density at radius 1 is 1.08 bits per heavy atom. The third-order valence-electron chi connectivity index (χ3n) is 6.16. The molecule has 1 N–H and O–H groups in total. The van der Waals surface area contributed by atoms with Crippen LogP contribution in [0.2, 0.25) is 0 Å². The number of likely N-dealkylation sites (tertiary alicyclic amines) is 1. The van der Waals surface area contributed by atoms with Crippen LogP contribution in [-0.2, 0) is 11.3 Å². The normalized spacial score (nSPS) is 16.1. The van der Waals surface area contributed by atoms with Gasteiger partial charge in [0.05, 0.1) is 17.9 Å². The van der Waals surface area contributed by atoms with E-state index in [9.17, 15) is 13.2 Å². The van der Waals surface area contributed by atoms with Gasteiger partial charge >= 0.3 is 6.36 Å². The number of alkyl halides is 3. The van der Waals surface area contributed by atoms with Gasteiger partial charge in [-0.1, -0.05) is 6.07 Å².